The number of carbonyl (C=O) groups excluding carboxylic acids is 1. The largest absolute Gasteiger partial charge is 0.496 e. The van der Waals surface area contributed by atoms with Crippen LogP contribution >= 0.6 is 0 Å². The first-order valence-electron chi connectivity index (χ1n) is 11.9. The van der Waals surface area contributed by atoms with Crippen LogP contribution < -0.4 is 26.4 Å². The Kier molecular flexibility index (Phi) is 7.47. The summed E-state index contributed by atoms with van der Waals surface area (Å²) in [5.41, 5.74) is 15.8. The average molecular weight is 447 g/mol. The van der Waals surface area contributed by atoms with Crippen molar-refractivity contribution in [1.82, 2.24) is 0 Å². The number of nitrogens with two attached hydrogens (primary N) is 2. The van der Waals surface area contributed by atoms with Gasteiger partial charge < -0.3 is 21.5 Å². The monoisotopic (exact) mass is 446 g/mol. The van der Waals surface area contributed by atoms with Gasteiger partial charge in [-0.15, -0.1) is 0 Å². The predicted octanol–water partition coefficient (Wildman–Crippen LogP) is 5.00. The van der Waals surface area contributed by atoms with Crippen LogP contribution in [-0.4, -0.2) is 25.7 Å². The Hall–Kier alpha value is -3.09. The average Bonchev–Trinajstić information content (AvgIpc) is 3.14. The molecule has 1 unspecified atom stereocenters. The highest BCUT2D eigenvalue weighted by Gasteiger charge is 2.33. The number of para-hydroxylation sites is 1. The van der Waals surface area contributed by atoms with Gasteiger partial charge in [0.25, 0.3) is 5.91 Å². The van der Waals surface area contributed by atoms with Crippen LogP contribution in [0.2, 0.25) is 0 Å². The van der Waals surface area contributed by atoms with Gasteiger partial charge in [0.15, 0.2) is 0 Å². The number of nitrogens with one attached hydrogen (secondary N) is 1. The van der Waals surface area contributed by atoms with Crippen molar-refractivity contribution < 1.29 is 9.53 Å². The molecule has 0 saturated carbocycles. The molecule has 0 bridgehead atoms. The summed E-state index contributed by atoms with van der Waals surface area (Å²) >= 11 is 0. The lowest BCUT2D eigenvalue weighted by molar-refractivity contribution is 0.0982. The quantitative estimate of drug-likeness (QED) is 0.340. The predicted molar refractivity (Wildman–Crippen MR) is 136 cm³/mol. The minimum absolute atomic E-state index is 0.00638. The van der Waals surface area contributed by atoms with E-state index in [1.165, 1.54) is 0 Å². The van der Waals surface area contributed by atoms with Gasteiger partial charge in [0.2, 0.25) is 0 Å². The fourth-order valence-electron chi connectivity index (χ4n) is 4.69. The summed E-state index contributed by atoms with van der Waals surface area (Å²) in [5.74, 6) is 0.847. The summed E-state index contributed by atoms with van der Waals surface area (Å²) in [6.45, 7) is 1.38. The molecule has 4 rings (SSSR count). The maximum Gasteiger partial charge on any atom is 0.260 e. The molecule has 0 saturated heterocycles. The van der Waals surface area contributed by atoms with Gasteiger partial charge >= 0.3 is 0 Å². The number of anilines is 2. The van der Waals surface area contributed by atoms with E-state index in [4.69, 9.17) is 16.2 Å². The molecular weight excluding hydrogens is 412 g/mol. The lowest BCUT2D eigenvalue weighted by Gasteiger charge is -2.25. The van der Waals surface area contributed by atoms with Gasteiger partial charge in [-0.2, -0.15) is 0 Å². The van der Waals surface area contributed by atoms with Crippen molar-refractivity contribution in [3.8, 4) is 5.75 Å². The topological polar surface area (TPSA) is 93.6 Å². The van der Waals surface area contributed by atoms with Gasteiger partial charge in [-0.05, 0) is 43.7 Å². The zero-order valence-electron chi connectivity index (χ0n) is 19.3. The van der Waals surface area contributed by atoms with E-state index in [9.17, 15) is 4.79 Å². The van der Waals surface area contributed by atoms with Crippen molar-refractivity contribution in [2.24, 2.45) is 11.5 Å². The van der Waals surface area contributed by atoms with E-state index >= 15 is 0 Å². The number of methoxy groups -OCH3 is 1. The van der Waals surface area contributed by atoms with Gasteiger partial charge in [0.1, 0.15) is 5.75 Å². The number of rotatable bonds is 12. The van der Waals surface area contributed by atoms with Gasteiger partial charge in [0.05, 0.1) is 19.0 Å². The third-order valence-corrected chi connectivity index (χ3v) is 6.42. The van der Waals surface area contributed by atoms with Crippen molar-refractivity contribution in [3.05, 3.63) is 65.7 Å². The lowest BCUT2D eigenvalue weighted by atomic mass is 10.0. The number of hydrogen-bond donors (Lipinski definition) is 3. The second-order valence-corrected chi connectivity index (χ2v) is 8.61. The molecule has 5 N–H and O–H groups in total. The first-order valence-corrected chi connectivity index (χ1v) is 11.9. The molecule has 3 aromatic rings. The Labute approximate surface area is 195 Å². The summed E-state index contributed by atoms with van der Waals surface area (Å²) in [6, 6.07) is 17.9. The number of benzene rings is 3. The Bertz CT molecular complexity index is 1110. The molecule has 6 nitrogen and oxygen atoms in total. The van der Waals surface area contributed by atoms with Gasteiger partial charge in [-0.1, -0.05) is 56.0 Å². The zero-order valence-corrected chi connectivity index (χ0v) is 19.3. The summed E-state index contributed by atoms with van der Waals surface area (Å²) in [4.78, 5) is 15.0. The van der Waals surface area contributed by atoms with Crippen LogP contribution in [0.25, 0.3) is 10.8 Å². The Morgan fingerprint density at radius 2 is 1.76 bits per heavy atom. The highest BCUT2D eigenvalue weighted by molar-refractivity contribution is 6.26. The fourth-order valence-corrected chi connectivity index (χ4v) is 4.69. The molecule has 1 heterocycles. The smallest absolute Gasteiger partial charge is 0.260 e. The SMILES string of the molecule is COc1ccccc1CNc1ccc2c3c(cccc13)C(=O)N2C(N)CCCCCCCN. The molecule has 1 aliphatic rings. The van der Waals surface area contributed by atoms with Crippen LogP contribution in [0, 0.1) is 0 Å². The first-order chi connectivity index (χ1) is 16.2. The fraction of sp³-hybridized carbons (Fsp3) is 0.370. The summed E-state index contributed by atoms with van der Waals surface area (Å²) in [6.07, 6.45) is 5.98. The van der Waals surface area contributed by atoms with Crippen molar-refractivity contribution in [2.75, 3.05) is 23.9 Å². The summed E-state index contributed by atoms with van der Waals surface area (Å²) in [5, 5.41) is 5.54. The van der Waals surface area contributed by atoms with E-state index in [0.717, 1.165) is 84.1 Å². The molecule has 1 atom stereocenters. The van der Waals surface area contributed by atoms with Crippen molar-refractivity contribution in [2.45, 2.75) is 51.2 Å². The van der Waals surface area contributed by atoms with E-state index in [2.05, 4.69) is 11.4 Å². The highest BCUT2D eigenvalue weighted by atomic mass is 16.5. The van der Waals surface area contributed by atoms with Crippen LogP contribution in [-0.2, 0) is 6.54 Å². The number of unbranched alkanes of at least 4 members (excludes halogenated alkanes) is 4. The molecular formula is C27H34N4O2. The Balaban J connectivity index is 1.51. The van der Waals surface area contributed by atoms with E-state index in [1.54, 1.807) is 12.0 Å². The zero-order chi connectivity index (χ0) is 23.2. The second kappa shape index (κ2) is 10.7. The third-order valence-electron chi connectivity index (χ3n) is 6.42. The molecule has 0 aliphatic carbocycles. The van der Waals surface area contributed by atoms with Crippen LogP contribution in [0.5, 0.6) is 5.75 Å². The van der Waals surface area contributed by atoms with Crippen molar-refractivity contribution in [3.63, 3.8) is 0 Å². The number of amides is 1. The summed E-state index contributed by atoms with van der Waals surface area (Å²) in [7, 11) is 1.68. The maximum atomic E-state index is 13.3. The minimum Gasteiger partial charge on any atom is -0.496 e. The molecule has 0 spiro atoms. The lowest BCUT2D eigenvalue weighted by Crippen LogP contribution is -2.44. The molecule has 174 valence electrons. The van der Waals surface area contributed by atoms with Crippen LogP contribution in [0.1, 0.15) is 54.4 Å². The highest BCUT2D eigenvalue weighted by Crippen LogP contribution is 2.41. The number of ether oxygens (including phenoxy) is 1. The van der Waals surface area contributed by atoms with E-state index in [0.29, 0.717) is 6.54 Å². The van der Waals surface area contributed by atoms with Crippen molar-refractivity contribution in [1.29, 1.82) is 0 Å². The van der Waals surface area contributed by atoms with Gasteiger partial charge in [0, 0.05) is 34.1 Å². The summed E-state index contributed by atoms with van der Waals surface area (Å²) < 4.78 is 5.47. The van der Waals surface area contributed by atoms with E-state index < -0.39 is 0 Å². The molecule has 0 aromatic heterocycles. The molecule has 1 amide bonds. The standard InChI is InChI=1S/C27H34N4O2/c1-33-24-13-7-6-10-19(24)18-30-22-15-16-23-26-20(22)11-9-12-21(26)27(32)31(23)25(29)14-5-3-2-4-8-17-28/h6-7,9-13,15-16,25,30H,2-5,8,14,17-18,28-29H2,1H3. The van der Waals surface area contributed by atoms with E-state index in [1.807, 2.05) is 48.5 Å². The molecule has 0 fully saturated rings. The normalized spacial score (nSPS) is 13.5. The molecule has 0 radical (unpaired) electrons. The molecule has 6 heteroatoms. The van der Waals surface area contributed by atoms with Gasteiger partial charge in [-0.3, -0.25) is 9.69 Å². The number of nitrogens with zero attached hydrogens (tertiary/aromatic N) is 1. The Morgan fingerprint density at radius 3 is 2.58 bits per heavy atom. The molecule has 33 heavy (non-hydrogen) atoms. The molecule has 1 aliphatic heterocycles. The molecule has 3 aromatic carbocycles. The number of hydrogen-bond acceptors (Lipinski definition) is 5. The maximum absolute atomic E-state index is 13.3. The first kappa shape index (κ1) is 23.1. The van der Waals surface area contributed by atoms with Crippen LogP contribution in [0.3, 0.4) is 0 Å². The Morgan fingerprint density at radius 1 is 0.970 bits per heavy atom. The minimum atomic E-state index is -0.324. The van der Waals surface area contributed by atoms with Crippen LogP contribution in [0.15, 0.2) is 54.6 Å². The van der Waals surface area contributed by atoms with Gasteiger partial charge in [-0.25, -0.2) is 0 Å². The van der Waals surface area contributed by atoms with Crippen molar-refractivity contribution >= 4 is 28.1 Å². The third kappa shape index (κ3) is 4.82. The van der Waals surface area contributed by atoms with Crippen LogP contribution in [0.4, 0.5) is 11.4 Å². The van der Waals surface area contributed by atoms with E-state index in [-0.39, 0.29) is 12.1 Å². The number of carbonyl (C=O) groups is 1. The second-order valence-electron chi connectivity index (χ2n) is 8.61.